The average molecular weight is 346 g/mol. The Hall–Kier alpha value is 2.08. The Labute approximate surface area is 226 Å². The van der Waals surface area contributed by atoms with E-state index in [0.29, 0.717) is 0 Å². The molecule has 96 valence electrons. The van der Waals surface area contributed by atoms with E-state index in [1.54, 1.807) is 7.06 Å². The van der Waals surface area contributed by atoms with Crippen LogP contribution in [0.2, 0.25) is 0 Å². The molecule has 0 saturated carbocycles. The first kappa shape index (κ1) is 34.1. The second kappa shape index (κ2) is 16.0. The molecule has 0 amide bonds. The Kier molecular flexibility index (Phi) is 17.1. The lowest BCUT2D eigenvalue weighted by Crippen LogP contribution is -2.83. The summed E-state index contributed by atoms with van der Waals surface area (Å²) in [7, 11) is 99.1. The monoisotopic (exact) mass is 352 g/mol. The van der Waals surface area contributed by atoms with Gasteiger partial charge in [-0.15, -0.1) is 0 Å². The normalized spacial score (nSPS) is 9.38. The molecule has 0 fully saturated rings. The van der Waals surface area contributed by atoms with Gasteiger partial charge in [-0.2, -0.15) is 0 Å². The molecule has 0 spiro atoms. The van der Waals surface area contributed by atoms with Crippen LogP contribution in [0, 0.1) is 0 Å². The summed E-state index contributed by atoms with van der Waals surface area (Å²) in [6.45, 7) is 0. The molecule has 0 aliphatic carbocycles. The lowest BCUT2D eigenvalue weighted by molar-refractivity contribution is 3.30. The molecule has 0 heterocycles. The lowest BCUT2D eigenvalue weighted by Gasteiger charge is -2.45. The summed E-state index contributed by atoms with van der Waals surface area (Å²) in [5.74, 6) is 0. The van der Waals surface area contributed by atoms with Crippen molar-refractivity contribution >= 4 is 227 Å². The third-order valence-electron chi connectivity index (χ3n) is 6.00. The van der Waals surface area contributed by atoms with E-state index in [4.69, 9.17) is 124 Å². The SMILES string of the molecule is [B][B]B([B])B(B([B])[B])B([B]B(B(B([B])[B])B([B])[B])B(B([B])[B])B([B])[B])B(B([B])[B])B([B])[B]. The summed E-state index contributed by atoms with van der Waals surface area (Å²) in [4.78, 5) is 0. The molecule has 0 saturated heterocycles. The van der Waals surface area contributed by atoms with Crippen molar-refractivity contribution in [3.8, 4) is 0 Å². The van der Waals surface area contributed by atoms with Gasteiger partial charge in [-0.05, 0) is 0 Å². The van der Waals surface area contributed by atoms with Gasteiger partial charge in [-0.1, -0.05) is 0 Å². The number of hydrogen-bond acceptors (Lipinski definition) is 0. The van der Waals surface area contributed by atoms with E-state index in [-0.39, 0.29) is 0 Å². The van der Waals surface area contributed by atoms with Crippen LogP contribution >= 0.6 is 0 Å². The Balaban J connectivity index is 6.80. The Morgan fingerprint density at radius 2 is 0.562 bits per heavy atom. The highest BCUT2D eigenvalue weighted by Crippen LogP contribution is 2.09. The molecule has 32 heteroatoms. The molecule has 0 rings (SSSR count). The molecule has 0 aromatic heterocycles. The molecule has 0 unspecified atom stereocenters. The molecule has 0 atom stereocenters. The van der Waals surface area contributed by atoms with Crippen LogP contribution in [0.25, 0.3) is 0 Å². The fraction of sp³-hybridized carbons (Fsp3) is 0. The van der Waals surface area contributed by atoms with E-state index < -0.39 is 89.4 Å². The number of rotatable bonds is 15. The highest BCUT2D eigenvalue weighted by Gasteiger charge is 2.47. The highest BCUT2D eigenvalue weighted by molar-refractivity contribution is 8.23. The smallest absolute Gasteiger partial charge is 0 e. The van der Waals surface area contributed by atoms with Crippen molar-refractivity contribution in [2.75, 3.05) is 0 Å². The fourth-order valence-electron chi connectivity index (χ4n) is 4.49. The van der Waals surface area contributed by atoms with E-state index in [1.165, 1.54) is 7.06 Å². The number of hydrogen-bond donors (Lipinski definition) is 0. The van der Waals surface area contributed by atoms with E-state index in [1.807, 2.05) is 0 Å². The standard InChI is InChI=1S/B32/c1-17-26(16)32(25(14)15)28(31(23(10)11)24(12)13)18-27(29(19(2)3)20(4)5)30(21(6)7)22(8)9. The van der Waals surface area contributed by atoms with Crippen LogP contribution in [-0.2, 0) is 0 Å². The minimum atomic E-state index is -1.01. The van der Waals surface area contributed by atoms with Gasteiger partial charge in [0.25, 0.3) is 0 Å². The maximum Gasteiger partial charge on any atom is 0 e. The van der Waals surface area contributed by atoms with Crippen LogP contribution in [0.1, 0.15) is 0 Å². The minimum absolute atomic E-state index is 0.732. The second-order valence-corrected chi connectivity index (χ2v) is 8.47. The van der Waals surface area contributed by atoms with Gasteiger partial charge >= 0.3 is 0 Å². The summed E-state index contributed by atoms with van der Waals surface area (Å²) in [6.07, 6.45) is -12.4. The molecule has 0 aliphatic heterocycles. The second-order valence-electron chi connectivity index (χ2n) is 8.47. The zero-order chi connectivity index (χ0) is 25.5. The van der Waals surface area contributed by atoms with Crippen molar-refractivity contribution in [1.82, 2.24) is 0 Å². The molecule has 0 aromatic carbocycles. The minimum Gasteiger partial charge on any atom is 0 e. The topological polar surface area (TPSA) is 0 Å². The van der Waals surface area contributed by atoms with Gasteiger partial charge < -0.3 is 0 Å². The molecule has 34 radical (unpaired) electrons. The van der Waals surface area contributed by atoms with Crippen LogP contribution < -0.4 is 0 Å². The van der Waals surface area contributed by atoms with E-state index in [0.717, 1.165) is 0 Å². The van der Waals surface area contributed by atoms with Crippen LogP contribution in [0.5, 0.6) is 0 Å². The predicted molar refractivity (Wildman–Crippen MR) is 184 cm³/mol. The Morgan fingerprint density at radius 1 is 0.344 bits per heavy atom. The van der Waals surface area contributed by atoms with Crippen molar-refractivity contribution in [2.45, 2.75) is 0 Å². The quantitative estimate of drug-likeness (QED) is 0.259. The van der Waals surface area contributed by atoms with Gasteiger partial charge in [0.05, 0.1) is 0 Å². The zero-order valence-corrected chi connectivity index (χ0v) is 18.5. The molecule has 0 aliphatic rings. The molecule has 0 bridgehead atoms. The molecule has 0 aromatic rings. The molecular weight excluding hydrogens is 346 g/mol. The Bertz CT molecular complexity index is 422. The third kappa shape index (κ3) is 9.85. The zero-order valence-electron chi connectivity index (χ0n) is 18.5. The Morgan fingerprint density at radius 3 is 0.750 bits per heavy atom. The van der Waals surface area contributed by atoms with E-state index in [9.17, 15) is 0 Å². The maximum absolute atomic E-state index is 6.20. The van der Waals surface area contributed by atoms with Crippen molar-refractivity contribution < 1.29 is 0 Å². The first-order valence-electron chi connectivity index (χ1n) is 10.3. The lowest BCUT2D eigenvalue weighted by atomic mass is 8.36. The van der Waals surface area contributed by atoms with Crippen molar-refractivity contribution in [3.63, 3.8) is 0 Å². The highest BCUT2D eigenvalue weighted by atomic mass is 13.3. The summed E-state index contributed by atoms with van der Waals surface area (Å²) >= 11 is 0. The van der Waals surface area contributed by atoms with Gasteiger partial charge in [0.1, 0.15) is 0 Å². The van der Waals surface area contributed by atoms with Crippen molar-refractivity contribution in [2.24, 2.45) is 0 Å². The van der Waals surface area contributed by atoms with Crippen LogP contribution in [0.3, 0.4) is 0 Å². The summed E-state index contributed by atoms with van der Waals surface area (Å²) in [6, 6.07) is 0. The van der Waals surface area contributed by atoms with Crippen LogP contribution in [0.15, 0.2) is 0 Å². The van der Waals surface area contributed by atoms with E-state index >= 15 is 0 Å². The van der Waals surface area contributed by atoms with Crippen molar-refractivity contribution in [3.05, 3.63) is 0 Å². The summed E-state index contributed by atoms with van der Waals surface area (Å²) in [5, 5.41) is 0. The predicted octanol–water partition coefficient (Wildman–Crippen LogP) is -12.2. The first-order chi connectivity index (χ1) is 14.6. The molecule has 32 heavy (non-hydrogen) atoms. The molecular formula is B32. The first-order valence-corrected chi connectivity index (χ1v) is 10.3. The third-order valence-corrected chi connectivity index (χ3v) is 6.00. The fourth-order valence-corrected chi connectivity index (χ4v) is 4.49. The largest absolute Gasteiger partial charge is 0 e. The molecule has 0 nitrogen and oxygen atoms in total. The van der Waals surface area contributed by atoms with Gasteiger partial charge in [0.15, 0.2) is 0 Å². The molecule has 0 N–H and O–H groups in total. The average Bonchev–Trinajstić information content (AvgIpc) is 2.59. The summed E-state index contributed by atoms with van der Waals surface area (Å²) < 4.78 is 0. The van der Waals surface area contributed by atoms with Gasteiger partial charge in [0, 0.05) is 227 Å². The summed E-state index contributed by atoms with van der Waals surface area (Å²) in [5.41, 5.74) is 0. The van der Waals surface area contributed by atoms with Gasteiger partial charge in [-0.3, -0.25) is 0 Å². The van der Waals surface area contributed by atoms with Crippen LogP contribution in [-0.4, -0.2) is 227 Å². The maximum atomic E-state index is 6.20. The van der Waals surface area contributed by atoms with Crippen LogP contribution in [0.4, 0.5) is 0 Å². The van der Waals surface area contributed by atoms with Crippen molar-refractivity contribution in [1.29, 1.82) is 0 Å². The van der Waals surface area contributed by atoms with E-state index in [2.05, 4.69) is 0 Å². The van der Waals surface area contributed by atoms with Gasteiger partial charge in [0.2, 0.25) is 0 Å². The van der Waals surface area contributed by atoms with Gasteiger partial charge in [-0.25, -0.2) is 0 Å².